The van der Waals surface area contributed by atoms with Crippen LogP contribution >= 0.6 is 0 Å². The van der Waals surface area contributed by atoms with Gasteiger partial charge in [0.05, 0.1) is 41.8 Å². The third kappa shape index (κ3) is 4.62. The number of aliphatic hydroxyl groups is 2. The molecule has 1 aromatic heterocycles. The molecule has 1 aliphatic rings. The molecular formula is C23H23F3N4O4. The summed E-state index contributed by atoms with van der Waals surface area (Å²) in [5.41, 5.74) is 0.629. The van der Waals surface area contributed by atoms with Crippen LogP contribution in [0.2, 0.25) is 0 Å². The molecule has 0 bridgehead atoms. The van der Waals surface area contributed by atoms with E-state index in [-0.39, 0.29) is 29.6 Å². The molecule has 180 valence electrons. The lowest BCUT2D eigenvalue weighted by molar-refractivity contribution is -0.137. The summed E-state index contributed by atoms with van der Waals surface area (Å²) in [5, 5.41) is 19.3. The van der Waals surface area contributed by atoms with E-state index in [9.17, 15) is 33.0 Å². The van der Waals surface area contributed by atoms with Crippen molar-refractivity contribution < 1.29 is 33.0 Å². The van der Waals surface area contributed by atoms with E-state index in [0.717, 1.165) is 23.8 Å². The van der Waals surface area contributed by atoms with Crippen LogP contribution in [0.5, 0.6) is 0 Å². The Morgan fingerprint density at radius 1 is 1.26 bits per heavy atom. The van der Waals surface area contributed by atoms with Gasteiger partial charge in [0.25, 0.3) is 5.91 Å². The van der Waals surface area contributed by atoms with E-state index in [4.69, 9.17) is 0 Å². The second-order valence-electron chi connectivity index (χ2n) is 8.27. The van der Waals surface area contributed by atoms with Crippen LogP contribution in [-0.4, -0.2) is 62.8 Å². The third-order valence-corrected chi connectivity index (χ3v) is 5.89. The fourth-order valence-electron chi connectivity index (χ4n) is 4.07. The summed E-state index contributed by atoms with van der Waals surface area (Å²) >= 11 is 0. The lowest BCUT2D eigenvalue weighted by atomic mass is 9.97. The molecule has 2 heterocycles. The second-order valence-corrected chi connectivity index (χ2v) is 8.27. The molecule has 1 fully saturated rings. The highest BCUT2D eigenvalue weighted by atomic mass is 19.4. The molecule has 1 saturated heterocycles. The average molecular weight is 476 g/mol. The molecule has 8 nitrogen and oxygen atoms in total. The van der Waals surface area contributed by atoms with Gasteiger partial charge in [0.2, 0.25) is 11.5 Å². The molecule has 2 amide bonds. The number of likely N-dealkylation sites (N-methyl/N-ethyl adjacent to an activating group) is 1. The van der Waals surface area contributed by atoms with Crippen LogP contribution < -0.4 is 5.62 Å². The number of fused-ring (bicyclic) bond motifs is 1. The van der Waals surface area contributed by atoms with Crippen molar-refractivity contribution in [3.8, 4) is 0 Å². The van der Waals surface area contributed by atoms with Gasteiger partial charge in [-0.25, -0.2) is 0 Å². The summed E-state index contributed by atoms with van der Waals surface area (Å²) in [6.45, 7) is -0.0155. The zero-order valence-electron chi connectivity index (χ0n) is 18.2. The standard InChI is InChI=1S/C23H23F3N4O4/c1-29-8-7-17(21(29)34)13-5-6-19-18(10-13)27-22(30(19)11-16(32)12-31)28-20(33)14-3-2-4-15(9-14)23(24,25)26/h2-6,9-10,16-17,31-32H,7-8,11-12H2,1H3,(H,27,28,33). The number of rotatable bonds is 5. The van der Waals surface area contributed by atoms with E-state index in [1.807, 2.05) is 0 Å². The van der Waals surface area contributed by atoms with Crippen molar-refractivity contribution in [1.29, 1.82) is 0 Å². The van der Waals surface area contributed by atoms with E-state index in [1.165, 1.54) is 10.6 Å². The molecule has 3 N–H and O–H groups in total. The Bertz CT molecular complexity index is 1310. The van der Waals surface area contributed by atoms with E-state index >= 15 is 0 Å². The van der Waals surface area contributed by atoms with Crippen molar-refractivity contribution in [1.82, 2.24) is 14.5 Å². The maximum atomic E-state index is 13.0. The maximum absolute atomic E-state index is 13.0. The van der Waals surface area contributed by atoms with Gasteiger partial charge in [-0.1, -0.05) is 12.1 Å². The van der Waals surface area contributed by atoms with Crippen molar-refractivity contribution in [2.45, 2.75) is 31.2 Å². The molecule has 11 heteroatoms. The fraction of sp³-hybridized carbons (Fsp3) is 0.348. The molecule has 3 aromatic rings. The first-order valence-electron chi connectivity index (χ1n) is 10.6. The zero-order valence-corrected chi connectivity index (χ0v) is 18.2. The minimum absolute atomic E-state index is 0.000814. The van der Waals surface area contributed by atoms with Crippen LogP contribution in [0.1, 0.15) is 33.8 Å². The summed E-state index contributed by atoms with van der Waals surface area (Å²) < 4.78 is 40.6. The van der Waals surface area contributed by atoms with E-state index in [2.05, 4.69) is 9.98 Å². The first-order valence-corrected chi connectivity index (χ1v) is 10.6. The summed E-state index contributed by atoms with van der Waals surface area (Å²) in [4.78, 5) is 33.7. The monoisotopic (exact) mass is 476 g/mol. The number of amides is 2. The van der Waals surface area contributed by atoms with Gasteiger partial charge in [0, 0.05) is 19.2 Å². The zero-order chi connectivity index (χ0) is 24.6. The van der Waals surface area contributed by atoms with Gasteiger partial charge in [-0.05, 0) is 42.3 Å². The minimum Gasteiger partial charge on any atom is -0.394 e. The molecule has 2 unspecified atom stereocenters. The smallest absolute Gasteiger partial charge is 0.394 e. The van der Waals surface area contributed by atoms with Crippen molar-refractivity contribution in [3.63, 3.8) is 0 Å². The molecule has 0 aliphatic carbocycles. The highest BCUT2D eigenvalue weighted by Crippen LogP contribution is 2.30. The number of H-pyrrole nitrogens is 1. The van der Waals surface area contributed by atoms with Gasteiger partial charge in [-0.15, -0.1) is 0 Å². The largest absolute Gasteiger partial charge is 0.416 e. The van der Waals surface area contributed by atoms with Gasteiger partial charge >= 0.3 is 6.18 Å². The molecular weight excluding hydrogens is 453 g/mol. The molecule has 0 spiro atoms. The molecule has 4 rings (SSSR count). The number of benzene rings is 2. The van der Waals surface area contributed by atoms with Crippen molar-refractivity contribution >= 4 is 22.8 Å². The maximum Gasteiger partial charge on any atom is 0.416 e. The second kappa shape index (κ2) is 9.07. The number of alkyl halides is 3. The number of nitrogens with zero attached hydrogens (tertiary/aromatic N) is 3. The predicted octanol–water partition coefficient (Wildman–Crippen LogP) is 2.03. The van der Waals surface area contributed by atoms with Crippen LogP contribution in [0, 0.1) is 0 Å². The number of aromatic amines is 1. The molecule has 34 heavy (non-hydrogen) atoms. The number of carbonyl (C=O) groups is 2. The number of aliphatic hydroxyl groups excluding tert-OH is 2. The van der Waals surface area contributed by atoms with Crippen molar-refractivity contribution in [2.24, 2.45) is 4.99 Å². The number of nitrogens with one attached hydrogen (secondary N) is 1. The normalized spacial score (nSPS) is 18.2. The number of halogens is 3. The Hall–Kier alpha value is -3.44. The average Bonchev–Trinajstić information content (AvgIpc) is 3.31. The summed E-state index contributed by atoms with van der Waals surface area (Å²) in [5.74, 6) is -1.21. The number of hydrogen-bond donors (Lipinski definition) is 3. The van der Waals surface area contributed by atoms with Gasteiger partial charge in [0.15, 0.2) is 0 Å². The summed E-state index contributed by atoms with van der Waals surface area (Å²) in [6, 6.07) is 9.19. The first-order chi connectivity index (χ1) is 16.1. The van der Waals surface area contributed by atoms with Gasteiger partial charge < -0.3 is 24.7 Å². The molecule has 0 radical (unpaired) electrons. The lowest BCUT2D eigenvalue weighted by Crippen LogP contribution is -2.28. The Kier molecular flexibility index (Phi) is 6.32. The number of likely N-dealkylation sites (tertiary alicyclic amines) is 1. The molecule has 0 saturated carbocycles. The lowest BCUT2D eigenvalue weighted by Gasteiger charge is -2.12. The number of carbonyl (C=O) groups excluding carboxylic acids is 2. The quantitative estimate of drug-likeness (QED) is 0.523. The summed E-state index contributed by atoms with van der Waals surface area (Å²) in [6.07, 6.45) is -5.10. The molecule has 2 aromatic carbocycles. The van der Waals surface area contributed by atoms with E-state index in [1.54, 1.807) is 30.1 Å². The van der Waals surface area contributed by atoms with Crippen LogP contribution in [0.3, 0.4) is 0 Å². The first kappa shape index (κ1) is 23.7. The molecule has 2 atom stereocenters. The highest BCUT2D eigenvalue weighted by Gasteiger charge is 2.31. The van der Waals surface area contributed by atoms with E-state index in [0.29, 0.717) is 24.0 Å². The van der Waals surface area contributed by atoms with Crippen molar-refractivity contribution in [3.05, 3.63) is 64.8 Å². The van der Waals surface area contributed by atoms with Crippen LogP contribution in [0.25, 0.3) is 11.0 Å². The Balaban J connectivity index is 1.79. The number of aromatic nitrogens is 2. The minimum atomic E-state index is -4.61. The Morgan fingerprint density at radius 2 is 2.03 bits per heavy atom. The van der Waals surface area contributed by atoms with Crippen LogP contribution in [0.4, 0.5) is 13.2 Å². The Labute approximate surface area is 192 Å². The van der Waals surface area contributed by atoms with Crippen molar-refractivity contribution in [2.75, 3.05) is 20.2 Å². The number of imidazole rings is 1. The van der Waals surface area contributed by atoms with Crippen LogP contribution in [0.15, 0.2) is 47.5 Å². The predicted molar refractivity (Wildman–Crippen MR) is 116 cm³/mol. The topological polar surface area (TPSA) is 111 Å². The summed E-state index contributed by atoms with van der Waals surface area (Å²) in [7, 11) is 1.73. The van der Waals surface area contributed by atoms with Gasteiger partial charge in [0.1, 0.15) is 0 Å². The van der Waals surface area contributed by atoms with Crippen LogP contribution in [-0.2, 0) is 17.5 Å². The van der Waals surface area contributed by atoms with E-state index < -0.39 is 30.4 Å². The SMILES string of the molecule is CN1CCC(c2ccc3c(c2)[nH]/c(=N\C(=O)c2cccc(C(F)(F)F)c2)n3CC(O)CO)C1=O. The van der Waals surface area contributed by atoms with Gasteiger partial charge in [-0.2, -0.15) is 18.2 Å². The van der Waals surface area contributed by atoms with Gasteiger partial charge in [-0.3, -0.25) is 9.59 Å². The number of hydrogen-bond acceptors (Lipinski definition) is 4. The molecule has 1 aliphatic heterocycles. The highest BCUT2D eigenvalue weighted by molar-refractivity contribution is 5.95. The Morgan fingerprint density at radius 3 is 2.68 bits per heavy atom. The third-order valence-electron chi connectivity index (χ3n) is 5.89. The fourth-order valence-corrected chi connectivity index (χ4v) is 4.07.